The van der Waals surface area contributed by atoms with Gasteiger partial charge < -0.3 is 14.2 Å². The molecule has 0 aromatic heterocycles. The van der Waals surface area contributed by atoms with Crippen molar-refractivity contribution in [1.82, 2.24) is 0 Å². The van der Waals surface area contributed by atoms with Crippen molar-refractivity contribution in [3.05, 3.63) is 122 Å². The highest BCUT2D eigenvalue weighted by Gasteiger charge is 2.19. The number of allylic oxidation sites excluding steroid dienone is 20. The van der Waals surface area contributed by atoms with E-state index in [1.807, 2.05) is 0 Å². The zero-order valence-electron chi connectivity index (χ0n) is 53.0. The normalized spacial score (nSPS) is 12.9. The van der Waals surface area contributed by atoms with E-state index in [2.05, 4.69) is 142 Å². The number of hydrogen-bond donors (Lipinski definition) is 0. The molecule has 0 aliphatic heterocycles. The Bertz CT molecular complexity index is 1670. The summed E-state index contributed by atoms with van der Waals surface area (Å²) in [5.74, 6) is -0.904. The third kappa shape index (κ3) is 66.5. The van der Waals surface area contributed by atoms with Gasteiger partial charge in [-0.2, -0.15) is 0 Å². The third-order valence-electron chi connectivity index (χ3n) is 14.5. The Morgan fingerprint density at radius 3 is 0.753 bits per heavy atom. The monoisotopic (exact) mass is 1120 g/mol. The SMILES string of the molecule is CC/C=C\C/C=C\C/C=C\C/C=C\C/C=C\C/C=C\CCCCCCCCC(=O)OC(COC(=O)CCCCCCC)COC(=O)CCCCCCCCCCCCCCCCCCCCCC/C=C\C/C=C\C/C=C\C/C=C\CC. The van der Waals surface area contributed by atoms with Crippen LogP contribution in [0, 0.1) is 0 Å². The lowest BCUT2D eigenvalue weighted by Crippen LogP contribution is -2.30. The van der Waals surface area contributed by atoms with Gasteiger partial charge in [-0.1, -0.05) is 309 Å². The summed E-state index contributed by atoms with van der Waals surface area (Å²) in [5, 5.41) is 0. The summed E-state index contributed by atoms with van der Waals surface area (Å²) in [6.45, 7) is 6.34. The van der Waals surface area contributed by atoms with E-state index in [0.717, 1.165) is 141 Å². The topological polar surface area (TPSA) is 78.9 Å². The van der Waals surface area contributed by atoms with Crippen LogP contribution in [0.1, 0.15) is 316 Å². The van der Waals surface area contributed by atoms with E-state index < -0.39 is 6.10 Å². The van der Waals surface area contributed by atoms with E-state index in [4.69, 9.17) is 14.2 Å². The van der Waals surface area contributed by atoms with Crippen LogP contribution in [0.5, 0.6) is 0 Å². The Kier molecular flexibility index (Phi) is 64.8. The van der Waals surface area contributed by atoms with E-state index in [1.54, 1.807) is 0 Å². The van der Waals surface area contributed by atoms with Crippen LogP contribution >= 0.6 is 0 Å². The third-order valence-corrected chi connectivity index (χ3v) is 14.5. The Balaban J connectivity index is 4.00. The van der Waals surface area contributed by atoms with Crippen LogP contribution in [-0.2, 0) is 28.6 Å². The molecule has 462 valence electrons. The number of rotatable bonds is 61. The summed E-state index contributed by atoms with van der Waals surface area (Å²) >= 11 is 0. The molecule has 1 unspecified atom stereocenters. The fraction of sp³-hybridized carbons (Fsp3) is 0.693. The summed E-state index contributed by atoms with van der Waals surface area (Å²) in [5.41, 5.74) is 0. The minimum absolute atomic E-state index is 0.0829. The highest BCUT2D eigenvalue weighted by molar-refractivity contribution is 5.71. The fourth-order valence-corrected chi connectivity index (χ4v) is 9.44. The van der Waals surface area contributed by atoms with Gasteiger partial charge in [0.1, 0.15) is 13.2 Å². The maximum absolute atomic E-state index is 12.8. The molecule has 0 heterocycles. The molecule has 0 saturated heterocycles. The molecule has 6 nitrogen and oxygen atoms in total. The van der Waals surface area contributed by atoms with Crippen LogP contribution in [0.4, 0.5) is 0 Å². The van der Waals surface area contributed by atoms with Gasteiger partial charge in [0, 0.05) is 19.3 Å². The first-order chi connectivity index (χ1) is 40.0. The maximum Gasteiger partial charge on any atom is 0.306 e. The molecule has 0 fully saturated rings. The second-order valence-corrected chi connectivity index (χ2v) is 22.3. The van der Waals surface area contributed by atoms with Gasteiger partial charge in [0.2, 0.25) is 0 Å². The first-order valence-electron chi connectivity index (χ1n) is 34.0. The van der Waals surface area contributed by atoms with Crippen LogP contribution < -0.4 is 0 Å². The Labute approximate surface area is 501 Å². The van der Waals surface area contributed by atoms with Crippen molar-refractivity contribution in [2.45, 2.75) is 322 Å². The number of carbonyl (C=O) groups is 3. The number of ether oxygens (including phenoxy) is 3. The van der Waals surface area contributed by atoms with Gasteiger partial charge in [-0.05, 0) is 109 Å². The highest BCUT2D eigenvalue weighted by atomic mass is 16.6. The second-order valence-electron chi connectivity index (χ2n) is 22.3. The molecule has 0 aliphatic rings. The van der Waals surface area contributed by atoms with Gasteiger partial charge >= 0.3 is 17.9 Å². The average Bonchev–Trinajstić information content (AvgIpc) is 3.47. The number of esters is 3. The van der Waals surface area contributed by atoms with Gasteiger partial charge in [0.05, 0.1) is 0 Å². The first-order valence-corrected chi connectivity index (χ1v) is 34.0. The smallest absolute Gasteiger partial charge is 0.306 e. The van der Waals surface area contributed by atoms with Gasteiger partial charge in [0.15, 0.2) is 6.10 Å². The molecule has 0 aromatic carbocycles. The van der Waals surface area contributed by atoms with Crippen molar-refractivity contribution in [3.63, 3.8) is 0 Å². The summed E-state index contributed by atoms with van der Waals surface area (Å²) < 4.78 is 16.8. The van der Waals surface area contributed by atoms with E-state index in [9.17, 15) is 14.4 Å². The Morgan fingerprint density at radius 2 is 0.481 bits per heavy atom. The molecule has 1 atom stereocenters. The van der Waals surface area contributed by atoms with Gasteiger partial charge in [0.25, 0.3) is 0 Å². The lowest BCUT2D eigenvalue weighted by molar-refractivity contribution is -0.167. The minimum atomic E-state index is -0.784. The molecule has 0 N–H and O–H groups in total. The summed E-state index contributed by atoms with van der Waals surface area (Å²) in [4.78, 5) is 38.0. The molecule has 0 bridgehead atoms. The van der Waals surface area contributed by atoms with E-state index >= 15 is 0 Å². The maximum atomic E-state index is 12.8. The number of unbranched alkanes of at least 4 members (excludes halogenated alkanes) is 30. The summed E-state index contributed by atoms with van der Waals surface area (Å²) in [6.07, 6.45) is 95.6. The molecule has 0 spiro atoms. The van der Waals surface area contributed by atoms with Crippen molar-refractivity contribution in [2.24, 2.45) is 0 Å². The zero-order valence-corrected chi connectivity index (χ0v) is 53.0. The standard InChI is InChI=1S/C75H126O6/c1-4-7-10-13-15-17-19-21-23-25-27-29-31-33-34-35-36-37-38-39-40-42-43-45-47-49-51-53-55-57-59-62-65-68-74(77)80-71-72(70-79-73(76)67-64-61-12-9-6-3)81-75(78)69-66-63-60-58-56-54-52-50-48-46-44-41-32-30-28-26-24-22-20-18-16-14-11-8-5-2/h7-8,10-11,15-18,21-24,27-30,41,44,48,50,72H,4-6,9,12-14,19-20,25-26,31-40,42-43,45-47,49,51-71H2,1-3H3/b10-7-,11-8-,17-15-,18-16-,23-21-,24-22-,29-27-,30-28-,44-41-,50-48-. The molecule has 0 aromatic rings. The number of hydrogen-bond acceptors (Lipinski definition) is 6. The van der Waals surface area contributed by atoms with E-state index in [-0.39, 0.29) is 31.1 Å². The molecule has 0 saturated carbocycles. The highest BCUT2D eigenvalue weighted by Crippen LogP contribution is 2.17. The minimum Gasteiger partial charge on any atom is -0.462 e. The molecular formula is C75H126O6. The molecule has 0 rings (SSSR count). The van der Waals surface area contributed by atoms with Gasteiger partial charge in [-0.25, -0.2) is 0 Å². The average molecular weight is 1120 g/mol. The zero-order chi connectivity index (χ0) is 58.5. The van der Waals surface area contributed by atoms with Crippen molar-refractivity contribution in [3.8, 4) is 0 Å². The molecular weight excluding hydrogens is 997 g/mol. The summed E-state index contributed by atoms with van der Waals surface area (Å²) in [6, 6.07) is 0. The van der Waals surface area contributed by atoms with Crippen LogP contribution in [0.2, 0.25) is 0 Å². The van der Waals surface area contributed by atoms with Gasteiger partial charge in [-0.3, -0.25) is 14.4 Å². The van der Waals surface area contributed by atoms with Crippen LogP contribution in [0.25, 0.3) is 0 Å². The fourth-order valence-electron chi connectivity index (χ4n) is 9.44. The molecule has 0 radical (unpaired) electrons. The molecule has 81 heavy (non-hydrogen) atoms. The van der Waals surface area contributed by atoms with Crippen molar-refractivity contribution < 1.29 is 28.6 Å². The van der Waals surface area contributed by atoms with E-state index in [0.29, 0.717) is 19.3 Å². The predicted octanol–water partition coefficient (Wildman–Crippen LogP) is 23.6. The lowest BCUT2D eigenvalue weighted by atomic mass is 10.0. The molecule has 0 aliphatic carbocycles. The van der Waals surface area contributed by atoms with E-state index in [1.165, 1.54) is 135 Å². The first kappa shape index (κ1) is 76.8. The van der Waals surface area contributed by atoms with Crippen LogP contribution in [0.15, 0.2) is 122 Å². The van der Waals surface area contributed by atoms with Crippen molar-refractivity contribution >= 4 is 17.9 Å². The van der Waals surface area contributed by atoms with Crippen molar-refractivity contribution in [2.75, 3.05) is 13.2 Å². The molecule has 0 amide bonds. The lowest BCUT2D eigenvalue weighted by Gasteiger charge is -2.18. The number of carbonyl (C=O) groups excluding carboxylic acids is 3. The molecule has 6 heteroatoms. The largest absolute Gasteiger partial charge is 0.462 e. The summed E-state index contributed by atoms with van der Waals surface area (Å²) in [7, 11) is 0. The quantitative estimate of drug-likeness (QED) is 0.0261. The predicted molar refractivity (Wildman–Crippen MR) is 353 cm³/mol. The van der Waals surface area contributed by atoms with Crippen LogP contribution in [-0.4, -0.2) is 37.2 Å². The second kappa shape index (κ2) is 68.3. The van der Waals surface area contributed by atoms with Gasteiger partial charge in [-0.15, -0.1) is 0 Å². The Hall–Kier alpha value is -4.19. The van der Waals surface area contributed by atoms with Crippen LogP contribution in [0.3, 0.4) is 0 Å². The van der Waals surface area contributed by atoms with Crippen molar-refractivity contribution in [1.29, 1.82) is 0 Å². The Morgan fingerprint density at radius 1 is 0.259 bits per heavy atom.